The lowest BCUT2D eigenvalue weighted by Crippen LogP contribution is -2.39. The summed E-state index contributed by atoms with van der Waals surface area (Å²) < 4.78 is 69.7. The first-order chi connectivity index (χ1) is 14.1. The third-order valence-electron chi connectivity index (χ3n) is 5.15. The number of rotatable bonds is 2. The molecule has 158 valence electrons. The van der Waals surface area contributed by atoms with E-state index in [9.17, 15) is 26.7 Å². The van der Waals surface area contributed by atoms with Crippen molar-refractivity contribution in [3.8, 4) is 0 Å². The van der Waals surface area contributed by atoms with Crippen LogP contribution in [0.5, 0.6) is 0 Å². The summed E-state index contributed by atoms with van der Waals surface area (Å²) in [5.41, 5.74) is -1.38. The van der Waals surface area contributed by atoms with Gasteiger partial charge in [0.25, 0.3) is 5.91 Å². The number of pyridine rings is 1. The fraction of sp³-hybridized carbons (Fsp3) is 0.316. The van der Waals surface area contributed by atoms with E-state index in [1.54, 1.807) is 18.3 Å². The maximum absolute atomic E-state index is 13.9. The van der Waals surface area contributed by atoms with E-state index in [1.807, 2.05) is 0 Å². The molecule has 5 nitrogen and oxygen atoms in total. The lowest BCUT2D eigenvalue weighted by Gasteiger charge is -2.33. The van der Waals surface area contributed by atoms with Gasteiger partial charge >= 0.3 is 6.18 Å². The van der Waals surface area contributed by atoms with E-state index in [-0.39, 0.29) is 37.8 Å². The molecular weight excluding hydrogens is 475 g/mol. The van der Waals surface area contributed by atoms with Gasteiger partial charge in [-0.15, -0.1) is 10.2 Å². The number of carbonyl (C=O) groups is 1. The molecule has 30 heavy (non-hydrogen) atoms. The van der Waals surface area contributed by atoms with Gasteiger partial charge in [-0.05, 0) is 58.5 Å². The first-order valence-corrected chi connectivity index (χ1v) is 9.80. The van der Waals surface area contributed by atoms with E-state index in [1.165, 1.54) is 9.30 Å². The van der Waals surface area contributed by atoms with Gasteiger partial charge in [-0.1, -0.05) is 0 Å². The first-order valence-electron chi connectivity index (χ1n) is 9.01. The van der Waals surface area contributed by atoms with E-state index in [2.05, 4.69) is 26.1 Å². The maximum atomic E-state index is 13.9. The molecule has 3 aromatic rings. The number of hydrogen-bond acceptors (Lipinski definition) is 3. The molecule has 0 N–H and O–H groups in total. The molecule has 1 aliphatic heterocycles. The fourth-order valence-electron chi connectivity index (χ4n) is 3.76. The summed E-state index contributed by atoms with van der Waals surface area (Å²) in [7, 11) is 0. The number of likely N-dealkylation sites (tertiary alicyclic amines) is 1. The largest absolute Gasteiger partial charge is 0.419 e. The molecule has 4 rings (SSSR count). The highest BCUT2D eigenvalue weighted by molar-refractivity contribution is 9.10. The Hall–Kier alpha value is -2.56. The second-order valence-electron chi connectivity index (χ2n) is 7.02. The molecule has 0 radical (unpaired) electrons. The van der Waals surface area contributed by atoms with Crippen LogP contribution in [0.4, 0.5) is 22.0 Å². The maximum Gasteiger partial charge on any atom is 0.419 e. The Balaban J connectivity index is 1.56. The minimum Gasteiger partial charge on any atom is -0.336 e. The molecule has 0 bridgehead atoms. The van der Waals surface area contributed by atoms with Gasteiger partial charge in [-0.2, -0.15) is 13.2 Å². The smallest absolute Gasteiger partial charge is 0.336 e. The Morgan fingerprint density at radius 3 is 2.47 bits per heavy atom. The van der Waals surface area contributed by atoms with Crippen LogP contribution in [0.3, 0.4) is 0 Å². The number of aromatic nitrogens is 3. The van der Waals surface area contributed by atoms with E-state index < -0.39 is 40.8 Å². The highest BCUT2D eigenvalue weighted by Crippen LogP contribution is 2.40. The second kappa shape index (κ2) is 7.60. The number of alkyl halides is 3. The number of hydrogen-bond donors (Lipinski definition) is 0. The molecule has 1 amide bonds. The lowest BCUT2D eigenvalue weighted by atomic mass is 9.86. The Morgan fingerprint density at radius 2 is 1.80 bits per heavy atom. The monoisotopic (exact) mass is 488 g/mol. The molecule has 0 atom stereocenters. The minimum atomic E-state index is -4.94. The van der Waals surface area contributed by atoms with Crippen LogP contribution in [0.25, 0.3) is 5.65 Å². The van der Waals surface area contributed by atoms with Crippen molar-refractivity contribution in [2.45, 2.75) is 24.9 Å². The topological polar surface area (TPSA) is 50.5 Å². The van der Waals surface area contributed by atoms with Crippen LogP contribution in [-0.2, 0) is 6.18 Å². The molecule has 3 heterocycles. The SMILES string of the molecule is O=C(c1nnc2ccc(Br)cn12)N1CCC(c2cc(F)cc(F)c2C(F)(F)F)CC1. The van der Waals surface area contributed by atoms with Crippen LogP contribution in [0.15, 0.2) is 34.9 Å². The third-order valence-corrected chi connectivity index (χ3v) is 5.62. The van der Waals surface area contributed by atoms with Gasteiger partial charge in [0.15, 0.2) is 5.65 Å². The van der Waals surface area contributed by atoms with E-state index in [4.69, 9.17) is 0 Å². The average molecular weight is 489 g/mol. The van der Waals surface area contributed by atoms with Crippen molar-refractivity contribution in [2.75, 3.05) is 13.1 Å². The molecule has 1 aromatic carbocycles. The van der Waals surface area contributed by atoms with Crippen LogP contribution < -0.4 is 0 Å². The number of benzene rings is 1. The van der Waals surface area contributed by atoms with Crippen molar-refractivity contribution in [1.82, 2.24) is 19.5 Å². The zero-order valence-electron chi connectivity index (χ0n) is 15.3. The summed E-state index contributed by atoms with van der Waals surface area (Å²) in [5, 5.41) is 7.84. The molecule has 1 aliphatic rings. The normalized spacial score (nSPS) is 15.7. The third kappa shape index (κ3) is 3.78. The van der Waals surface area contributed by atoms with Crippen LogP contribution in [0.1, 0.15) is 40.5 Å². The Bertz CT molecular complexity index is 1120. The number of piperidine rings is 1. The molecule has 0 spiro atoms. The summed E-state index contributed by atoms with van der Waals surface area (Å²) in [5.74, 6) is -3.75. The molecule has 1 saturated heterocycles. The van der Waals surface area contributed by atoms with Gasteiger partial charge < -0.3 is 4.90 Å². The average Bonchev–Trinajstić information content (AvgIpc) is 3.08. The quantitative estimate of drug-likeness (QED) is 0.486. The van der Waals surface area contributed by atoms with Gasteiger partial charge in [0, 0.05) is 29.8 Å². The molecule has 1 fully saturated rings. The van der Waals surface area contributed by atoms with Crippen molar-refractivity contribution in [2.24, 2.45) is 0 Å². The predicted octanol–water partition coefficient (Wildman–Crippen LogP) is 4.81. The van der Waals surface area contributed by atoms with Crippen LogP contribution >= 0.6 is 15.9 Å². The number of nitrogens with zero attached hydrogens (tertiary/aromatic N) is 4. The molecular formula is C19H14BrF5N4O. The van der Waals surface area contributed by atoms with Gasteiger partial charge in [-0.25, -0.2) is 8.78 Å². The minimum absolute atomic E-state index is 0.0810. The molecule has 2 aromatic heterocycles. The van der Waals surface area contributed by atoms with Crippen molar-refractivity contribution in [1.29, 1.82) is 0 Å². The number of carbonyl (C=O) groups excluding carboxylic acids is 1. The summed E-state index contributed by atoms with van der Waals surface area (Å²) in [4.78, 5) is 14.3. The van der Waals surface area contributed by atoms with Crippen LogP contribution in [-0.4, -0.2) is 38.5 Å². The zero-order valence-corrected chi connectivity index (χ0v) is 16.8. The lowest BCUT2D eigenvalue weighted by molar-refractivity contribution is -0.141. The Labute approximate surface area is 175 Å². The Morgan fingerprint density at radius 1 is 1.10 bits per heavy atom. The van der Waals surface area contributed by atoms with Crippen LogP contribution in [0.2, 0.25) is 0 Å². The van der Waals surface area contributed by atoms with Gasteiger partial charge in [0.1, 0.15) is 11.6 Å². The molecule has 0 unspecified atom stereocenters. The van der Waals surface area contributed by atoms with Gasteiger partial charge in [-0.3, -0.25) is 9.20 Å². The van der Waals surface area contributed by atoms with Gasteiger partial charge in [0.2, 0.25) is 5.82 Å². The number of amides is 1. The first kappa shape index (κ1) is 20.7. The fourth-order valence-corrected chi connectivity index (χ4v) is 4.10. The molecule has 11 heteroatoms. The van der Waals surface area contributed by atoms with E-state index in [0.29, 0.717) is 5.65 Å². The standard InChI is InChI=1S/C19H14BrF5N4O/c20-11-1-2-15-26-27-17(29(15)9-11)18(30)28-5-3-10(4-6-28)13-7-12(21)8-14(22)16(13)19(23,24)25/h1-2,7-10H,3-6H2. The number of fused-ring (bicyclic) bond motifs is 1. The molecule has 0 aliphatic carbocycles. The highest BCUT2D eigenvalue weighted by Gasteiger charge is 2.40. The second-order valence-corrected chi connectivity index (χ2v) is 7.93. The van der Waals surface area contributed by atoms with E-state index in [0.717, 1.165) is 10.5 Å². The predicted molar refractivity (Wildman–Crippen MR) is 99.9 cm³/mol. The van der Waals surface area contributed by atoms with Gasteiger partial charge in [0.05, 0.1) is 5.56 Å². The summed E-state index contributed by atoms with van der Waals surface area (Å²) in [6, 6.07) is 4.40. The number of halogens is 6. The van der Waals surface area contributed by atoms with Crippen molar-refractivity contribution < 1.29 is 26.7 Å². The van der Waals surface area contributed by atoms with E-state index >= 15 is 0 Å². The van der Waals surface area contributed by atoms with Crippen molar-refractivity contribution >= 4 is 27.5 Å². The molecule has 0 saturated carbocycles. The highest BCUT2D eigenvalue weighted by atomic mass is 79.9. The zero-order chi connectivity index (χ0) is 21.6. The van der Waals surface area contributed by atoms with Crippen LogP contribution in [0, 0.1) is 11.6 Å². The Kier molecular flexibility index (Phi) is 5.25. The summed E-state index contributed by atoms with van der Waals surface area (Å²) in [6.45, 7) is 0.254. The summed E-state index contributed by atoms with van der Waals surface area (Å²) in [6.07, 6.45) is -3.02. The summed E-state index contributed by atoms with van der Waals surface area (Å²) >= 11 is 3.31. The van der Waals surface area contributed by atoms with Crippen molar-refractivity contribution in [3.05, 3.63) is 63.5 Å². The van der Waals surface area contributed by atoms with Crippen molar-refractivity contribution in [3.63, 3.8) is 0 Å².